The molecule has 0 aliphatic carbocycles. The maximum absolute atomic E-state index is 5.78. The van der Waals surface area contributed by atoms with Crippen molar-refractivity contribution in [3.63, 3.8) is 0 Å². The normalized spacial score (nSPS) is 35.0. The van der Waals surface area contributed by atoms with E-state index in [9.17, 15) is 0 Å². The molecular formula is C10H22N2. The lowest BCUT2D eigenvalue weighted by Gasteiger charge is -2.37. The van der Waals surface area contributed by atoms with Crippen LogP contribution in [0, 0.1) is 5.92 Å². The second-order valence-electron chi connectivity index (χ2n) is 4.45. The molecule has 1 aliphatic heterocycles. The summed E-state index contributed by atoms with van der Waals surface area (Å²) in [7, 11) is 0. The highest BCUT2D eigenvalue weighted by molar-refractivity contribution is 4.78. The molecule has 0 amide bonds. The SMILES string of the molecule is CC(N)CN1CCC(C)CC1C. The Morgan fingerprint density at radius 3 is 2.67 bits per heavy atom. The van der Waals surface area contributed by atoms with Crippen molar-refractivity contribution < 1.29 is 0 Å². The number of likely N-dealkylation sites (tertiary alicyclic amines) is 1. The average molecular weight is 170 g/mol. The number of rotatable bonds is 2. The van der Waals surface area contributed by atoms with E-state index in [0.29, 0.717) is 6.04 Å². The van der Waals surface area contributed by atoms with Crippen LogP contribution in [0.5, 0.6) is 0 Å². The van der Waals surface area contributed by atoms with Crippen LogP contribution in [0.2, 0.25) is 0 Å². The molecule has 3 atom stereocenters. The molecule has 1 aliphatic rings. The molecule has 1 heterocycles. The van der Waals surface area contributed by atoms with Crippen LogP contribution in [0.25, 0.3) is 0 Å². The second-order valence-corrected chi connectivity index (χ2v) is 4.45. The highest BCUT2D eigenvalue weighted by Crippen LogP contribution is 2.21. The first-order chi connectivity index (χ1) is 5.59. The van der Waals surface area contributed by atoms with Gasteiger partial charge in [0.2, 0.25) is 0 Å². The Morgan fingerprint density at radius 1 is 1.50 bits per heavy atom. The quantitative estimate of drug-likeness (QED) is 0.679. The molecule has 1 fully saturated rings. The van der Waals surface area contributed by atoms with Crippen molar-refractivity contribution in [1.29, 1.82) is 0 Å². The average Bonchev–Trinajstić information content (AvgIpc) is 1.94. The maximum atomic E-state index is 5.78. The van der Waals surface area contributed by atoms with Crippen molar-refractivity contribution in [1.82, 2.24) is 4.90 Å². The third-order valence-corrected chi connectivity index (χ3v) is 2.80. The first kappa shape index (κ1) is 10.0. The molecular weight excluding hydrogens is 148 g/mol. The summed E-state index contributed by atoms with van der Waals surface area (Å²) in [6.07, 6.45) is 2.68. The van der Waals surface area contributed by atoms with Gasteiger partial charge < -0.3 is 5.73 Å². The largest absolute Gasteiger partial charge is 0.327 e. The van der Waals surface area contributed by atoms with E-state index in [-0.39, 0.29) is 0 Å². The summed E-state index contributed by atoms with van der Waals surface area (Å²) < 4.78 is 0. The molecule has 0 bridgehead atoms. The molecule has 0 aromatic heterocycles. The van der Waals surface area contributed by atoms with E-state index in [1.54, 1.807) is 0 Å². The molecule has 2 heteroatoms. The number of piperidine rings is 1. The van der Waals surface area contributed by atoms with E-state index in [4.69, 9.17) is 5.73 Å². The van der Waals surface area contributed by atoms with E-state index in [2.05, 4.69) is 25.7 Å². The van der Waals surface area contributed by atoms with E-state index >= 15 is 0 Å². The van der Waals surface area contributed by atoms with Crippen LogP contribution in [0.1, 0.15) is 33.6 Å². The van der Waals surface area contributed by atoms with E-state index in [0.717, 1.165) is 18.5 Å². The van der Waals surface area contributed by atoms with Gasteiger partial charge in [0, 0.05) is 18.6 Å². The Kier molecular flexibility index (Phi) is 3.53. The Labute approximate surface area is 76.1 Å². The third-order valence-electron chi connectivity index (χ3n) is 2.80. The van der Waals surface area contributed by atoms with Gasteiger partial charge in [-0.05, 0) is 39.2 Å². The van der Waals surface area contributed by atoms with Crippen molar-refractivity contribution in [2.75, 3.05) is 13.1 Å². The topological polar surface area (TPSA) is 29.3 Å². The number of hydrogen-bond acceptors (Lipinski definition) is 2. The van der Waals surface area contributed by atoms with Crippen molar-refractivity contribution in [3.8, 4) is 0 Å². The van der Waals surface area contributed by atoms with E-state index < -0.39 is 0 Å². The van der Waals surface area contributed by atoms with Gasteiger partial charge in [-0.25, -0.2) is 0 Å². The van der Waals surface area contributed by atoms with Gasteiger partial charge in [-0.3, -0.25) is 4.90 Å². The summed E-state index contributed by atoms with van der Waals surface area (Å²) in [5.41, 5.74) is 5.78. The molecule has 72 valence electrons. The fourth-order valence-electron chi connectivity index (χ4n) is 2.10. The predicted molar refractivity (Wildman–Crippen MR) is 53.1 cm³/mol. The Morgan fingerprint density at radius 2 is 2.17 bits per heavy atom. The smallest absolute Gasteiger partial charge is 0.0139 e. The molecule has 0 saturated carbocycles. The molecule has 0 spiro atoms. The van der Waals surface area contributed by atoms with Gasteiger partial charge in [0.25, 0.3) is 0 Å². The highest BCUT2D eigenvalue weighted by atomic mass is 15.2. The standard InChI is InChI=1S/C10H22N2/c1-8-4-5-12(7-9(2)11)10(3)6-8/h8-10H,4-7,11H2,1-3H3. The van der Waals surface area contributed by atoms with Gasteiger partial charge in [0.15, 0.2) is 0 Å². The van der Waals surface area contributed by atoms with Crippen molar-refractivity contribution >= 4 is 0 Å². The summed E-state index contributed by atoms with van der Waals surface area (Å²) in [6, 6.07) is 1.06. The summed E-state index contributed by atoms with van der Waals surface area (Å²) in [6.45, 7) is 9.06. The third kappa shape index (κ3) is 2.76. The Hall–Kier alpha value is -0.0800. The Balaban J connectivity index is 2.34. The molecule has 1 saturated heterocycles. The van der Waals surface area contributed by atoms with Crippen LogP contribution in [-0.4, -0.2) is 30.1 Å². The Bertz CT molecular complexity index is 134. The molecule has 0 aromatic rings. The van der Waals surface area contributed by atoms with Gasteiger partial charge in [0.05, 0.1) is 0 Å². The lowest BCUT2D eigenvalue weighted by atomic mass is 9.93. The predicted octanol–water partition coefficient (Wildman–Crippen LogP) is 1.45. The summed E-state index contributed by atoms with van der Waals surface area (Å²) in [5, 5.41) is 0. The summed E-state index contributed by atoms with van der Waals surface area (Å²) in [5.74, 6) is 0.907. The second kappa shape index (κ2) is 4.24. The molecule has 0 aromatic carbocycles. The van der Waals surface area contributed by atoms with Crippen LogP contribution >= 0.6 is 0 Å². The van der Waals surface area contributed by atoms with Crippen LogP contribution < -0.4 is 5.73 Å². The van der Waals surface area contributed by atoms with Crippen LogP contribution in [0.15, 0.2) is 0 Å². The number of hydrogen-bond donors (Lipinski definition) is 1. The molecule has 0 radical (unpaired) electrons. The zero-order valence-corrected chi connectivity index (χ0v) is 8.59. The minimum Gasteiger partial charge on any atom is -0.327 e. The van der Waals surface area contributed by atoms with E-state index in [1.807, 2.05) is 0 Å². The van der Waals surface area contributed by atoms with Crippen LogP contribution in [0.4, 0.5) is 0 Å². The van der Waals surface area contributed by atoms with Gasteiger partial charge in [-0.15, -0.1) is 0 Å². The van der Waals surface area contributed by atoms with Crippen molar-refractivity contribution in [2.45, 2.75) is 45.7 Å². The lowest BCUT2D eigenvalue weighted by Crippen LogP contribution is -2.45. The minimum absolute atomic E-state index is 0.320. The van der Waals surface area contributed by atoms with Gasteiger partial charge in [-0.2, -0.15) is 0 Å². The number of nitrogens with two attached hydrogens (primary N) is 1. The summed E-state index contributed by atoms with van der Waals surface area (Å²) in [4.78, 5) is 2.52. The maximum Gasteiger partial charge on any atom is 0.0139 e. The first-order valence-corrected chi connectivity index (χ1v) is 5.09. The van der Waals surface area contributed by atoms with Gasteiger partial charge in [-0.1, -0.05) is 6.92 Å². The van der Waals surface area contributed by atoms with Crippen molar-refractivity contribution in [2.24, 2.45) is 11.7 Å². The molecule has 3 unspecified atom stereocenters. The fraction of sp³-hybridized carbons (Fsp3) is 1.00. The minimum atomic E-state index is 0.320. The first-order valence-electron chi connectivity index (χ1n) is 5.09. The van der Waals surface area contributed by atoms with Gasteiger partial charge in [0.1, 0.15) is 0 Å². The molecule has 2 N–H and O–H groups in total. The molecule has 12 heavy (non-hydrogen) atoms. The summed E-state index contributed by atoms with van der Waals surface area (Å²) >= 11 is 0. The van der Waals surface area contributed by atoms with E-state index in [1.165, 1.54) is 19.4 Å². The van der Waals surface area contributed by atoms with Crippen LogP contribution in [0.3, 0.4) is 0 Å². The van der Waals surface area contributed by atoms with Crippen LogP contribution in [-0.2, 0) is 0 Å². The molecule has 1 rings (SSSR count). The zero-order valence-electron chi connectivity index (χ0n) is 8.59. The number of nitrogens with zero attached hydrogens (tertiary/aromatic N) is 1. The zero-order chi connectivity index (χ0) is 9.14. The van der Waals surface area contributed by atoms with Crippen molar-refractivity contribution in [3.05, 3.63) is 0 Å². The monoisotopic (exact) mass is 170 g/mol. The lowest BCUT2D eigenvalue weighted by molar-refractivity contribution is 0.124. The molecule has 2 nitrogen and oxygen atoms in total. The highest BCUT2D eigenvalue weighted by Gasteiger charge is 2.22. The van der Waals surface area contributed by atoms with Gasteiger partial charge >= 0.3 is 0 Å². The fourth-order valence-corrected chi connectivity index (χ4v) is 2.10.